The van der Waals surface area contributed by atoms with Crippen LogP contribution in [0.4, 0.5) is 0 Å². The van der Waals surface area contributed by atoms with Gasteiger partial charge in [0.2, 0.25) is 0 Å². The molecule has 0 unspecified atom stereocenters. The molecule has 0 saturated heterocycles. The Labute approximate surface area is 73.5 Å². The van der Waals surface area contributed by atoms with Crippen molar-refractivity contribution in [1.82, 2.24) is 15.5 Å². The first-order valence-electron chi connectivity index (χ1n) is 3.85. The van der Waals surface area contributed by atoms with Crippen molar-refractivity contribution in [3.63, 3.8) is 0 Å². The highest BCUT2D eigenvalue weighted by Crippen LogP contribution is 2.14. The van der Waals surface area contributed by atoms with Crippen LogP contribution in [0.5, 0.6) is 0 Å². The molecule has 2 rings (SSSR count). The summed E-state index contributed by atoms with van der Waals surface area (Å²) in [6.07, 6.45) is 0.593. The van der Waals surface area contributed by atoms with E-state index in [1.807, 2.05) is 0 Å². The molecular formula is C7H8N4O2. The Morgan fingerprint density at radius 2 is 2.31 bits per heavy atom. The van der Waals surface area contributed by atoms with Crippen LogP contribution in [0.25, 0.3) is 0 Å². The topological polar surface area (TPSA) is 101 Å². The van der Waals surface area contributed by atoms with Gasteiger partial charge in [-0.1, -0.05) is 0 Å². The second-order valence-electron chi connectivity index (χ2n) is 2.80. The summed E-state index contributed by atoms with van der Waals surface area (Å²) in [5.41, 5.74) is 6.21. The highest BCUT2D eigenvalue weighted by Gasteiger charge is 2.24. The number of nitrogens with zero attached hydrogens (tertiary/aromatic N) is 1. The number of primary amides is 1. The van der Waals surface area contributed by atoms with Crippen molar-refractivity contribution < 1.29 is 9.59 Å². The van der Waals surface area contributed by atoms with Crippen LogP contribution >= 0.6 is 0 Å². The lowest BCUT2D eigenvalue weighted by atomic mass is 10.1. The van der Waals surface area contributed by atoms with Crippen molar-refractivity contribution in [2.45, 2.75) is 6.42 Å². The molecule has 2 amide bonds. The zero-order chi connectivity index (χ0) is 9.42. The van der Waals surface area contributed by atoms with Crippen LogP contribution in [0.15, 0.2) is 0 Å². The van der Waals surface area contributed by atoms with E-state index in [1.54, 1.807) is 0 Å². The first-order chi connectivity index (χ1) is 6.20. The van der Waals surface area contributed by atoms with Crippen LogP contribution in [-0.2, 0) is 6.42 Å². The summed E-state index contributed by atoms with van der Waals surface area (Å²) < 4.78 is 0. The number of rotatable bonds is 1. The van der Waals surface area contributed by atoms with E-state index in [4.69, 9.17) is 5.73 Å². The number of nitrogens with one attached hydrogen (secondary N) is 2. The zero-order valence-corrected chi connectivity index (χ0v) is 6.76. The van der Waals surface area contributed by atoms with Crippen LogP contribution in [0.2, 0.25) is 0 Å². The number of aromatic amines is 1. The van der Waals surface area contributed by atoms with Crippen LogP contribution in [-0.4, -0.2) is 28.6 Å². The summed E-state index contributed by atoms with van der Waals surface area (Å²) in [5, 5.41) is 8.81. The van der Waals surface area contributed by atoms with E-state index in [1.165, 1.54) is 0 Å². The minimum Gasteiger partial charge on any atom is -0.364 e. The first-order valence-corrected chi connectivity index (χ1v) is 3.85. The fourth-order valence-corrected chi connectivity index (χ4v) is 1.39. The van der Waals surface area contributed by atoms with Gasteiger partial charge in [0, 0.05) is 12.1 Å². The number of fused-ring (bicyclic) bond motifs is 1. The normalized spacial score (nSPS) is 14.9. The number of carbonyl (C=O) groups is 2. The molecule has 0 fully saturated rings. The second-order valence-corrected chi connectivity index (χ2v) is 2.80. The number of hydrogen-bond acceptors (Lipinski definition) is 3. The Hall–Kier alpha value is -1.85. The van der Waals surface area contributed by atoms with Gasteiger partial charge < -0.3 is 11.1 Å². The van der Waals surface area contributed by atoms with Crippen LogP contribution in [0, 0.1) is 0 Å². The molecule has 6 heteroatoms. The minimum atomic E-state index is -0.604. The van der Waals surface area contributed by atoms with Crippen LogP contribution in [0.3, 0.4) is 0 Å². The Bertz CT molecular complexity index is 368. The highest BCUT2D eigenvalue weighted by molar-refractivity contribution is 6.00. The van der Waals surface area contributed by atoms with Crippen LogP contribution in [0.1, 0.15) is 26.5 Å². The third-order valence-corrected chi connectivity index (χ3v) is 1.99. The number of hydrogen-bond donors (Lipinski definition) is 3. The molecule has 68 valence electrons. The number of nitrogens with two attached hydrogens (primary N) is 1. The van der Waals surface area contributed by atoms with Gasteiger partial charge in [0.25, 0.3) is 11.8 Å². The molecule has 0 atom stereocenters. The summed E-state index contributed by atoms with van der Waals surface area (Å²) in [4.78, 5) is 22.0. The number of aromatic nitrogens is 2. The van der Waals surface area contributed by atoms with Gasteiger partial charge in [0.1, 0.15) is 5.69 Å². The Morgan fingerprint density at radius 1 is 1.54 bits per heavy atom. The van der Waals surface area contributed by atoms with Gasteiger partial charge in [-0.15, -0.1) is 0 Å². The average molecular weight is 180 g/mol. The van der Waals surface area contributed by atoms with Gasteiger partial charge in [-0.2, -0.15) is 5.10 Å². The number of carbonyl (C=O) groups excluding carboxylic acids is 2. The average Bonchev–Trinajstić information content (AvgIpc) is 2.48. The maximum absolute atomic E-state index is 11.2. The van der Waals surface area contributed by atoms with Crippen molar-refractivity contribution >= 4 is 11.8 Å². The fraction of sp³-hybridized carbons (Fsp3) is 0.286. The van der Waals surface area contributed by atoms with E-state index in [9.17, 15) is 9.59 Å². The Morgan fingerprint density at radius 3 is 3.00 bits per heavy atom. The molecule has 6 nitrogen and oxygen atoms in total. The molecule has 1 aromatic rings. The number of amides is 2. The summed E-state index contributed by atoms with van der Waals surface area (Å²) in [7, 11) is 0. The lowest BCUT2D eigenvalue weighted by Gasteiger charge is -2.11. The van der Waals surface area contributed by atoms with E-state index < -0.39 is 5.91 Å². The smallest absolute Gasteiger partial charge is 0.269 e. The van der Waals surface area contributed by atoms with Gasteiger partial charge >= 0.3 is 0 Å². The second kappa shape index (κ2) is 2.58. The lowest BCUT2D eigenvalue weighted by molar-refractivity contribution is 0.0941. The molecule has 1 aliphatic heterocycles. The third kappa shape index (κ3) is 1.07. The zero-order valence-electron chi connectivity index (χ0n) is 6.76. The molecular weight excluding hydrogens is 172 g/mol. The summed E-state index contributed by atoms with van der Waals surface area (Å²) >= 11 is 0. The molecule has 0 bridgehead atoms. The van der Waals surface area contributed by atoms with Crippen LogP contribution < -0.4 is 11.1 Å². The fourth-order valence-electron chi connectivity index (χ4n) is 1.39. The molecule has 1 aromatic heterocycles. The van der Waals surface area contributed by atoms with E-state index in [-0.39, 0.29) is 11.6 Å². The summed E-state index contributed by atoms with van der Waals surface area (Å²) in [6, 6.07) is 0. The molecule has 4 N–H and O–H groups in total. The number of H-pyrrole nitrogens is 1. The van der Waals surface area contributed by atoms with E-state index in [0.717, 1.165) is 0 Å². The Balaban J connectivity index is 2.53. The maximum Gasteiger partial charge on any atom is 0.269 e. The molecule has 0 saturated carbocycles. The standard InChI is InChI=1S/C7H8N4O2/c8-6(12)4-3-1-2-9-7(13)5(3)11-10-4/h1-2H2,(H2,8,12)(H,9,13)(H,10,11). The van der Waals surface area contributed by atoms with Gasteiger partial charge in [-0.05, 0) is 6.42 Å². The SMILES string of the molecule is NC(=O)c1n[nH]c2c1CCNC2=O. The van der Waals surface area contributed by atoms with E-state index in [2.05, 4.69) is 15.5 Å². The van der Waals surface area contributed by atoms with Crippen molar-refractivity contribution in [2.75, 3.05) is 6.54 Å². The van der Waals surface area contributed by atoms with E-state index in [0.29, 0.717) is 24.2 Å². The van der Waals surface area contributed by atoms with Crippen molar-refractivity contribution in [3.05, 3.63) is 17.0 Å². The van der Waals surface area contributed by atoms with Crippen molar-refractivity contribution in [1.29, 1.82) is 0 Å². The minimum absolute atomic E-state index is 0.171. The monoisotopic (exact) mass is 180 g/mol. The molecule has 1 aliphatic rings. The van der Waals surface area contributed by atoms with Crippen molar-refractivity contribution in [3.8, 4) is 0 Å². The lowest BCUT2D eigenvalue weighted by Crippen LogP contribution is -2.32. The largest absolute Gasteiger partial charge is 0.364 e. The molecule has 0 aliphatic carbocycles. The first kappa shape index (κ1) is 7.78. The summed E-state index contributed by atoms with van der Waals surface area (Å²) in [5.74, 6) is -0.839. The molecule has 0 radical (unpaired) electrons. The maximum atomic E-state index is 11.2. The quantitative estimate of drug-likeness (QED) is 0.505. The van der Waals surface area contributed by atoms with Gasteiger partial charge in [-0.3, -0.25) is 14.7 Å². The third-order valence-electron chi connectivity index (χ3n) is 1.99. The predicted molar refractivity (Wildman–Crippen MR) is 43.1 cm³/mol. The highest BCUT2D eigenvalue weighted by atomic mass is 16.2. The van der Waals surface area contributed by atoms with Gasteiger partial charge in [0.15, 0.2) is 5.69 Å². The molecule has 2 heterocycles. The van der Waals surface area contributed by atoms with Gasteiger partial charge in [-0.25, -0.2) is 0 Å². The Kier molecular flexibility index (Phi) is 1.54. The molecule has 0 aromatic carbocycles. The van der Waals surface area contributed by atoms with Crippen molar-refractivity contribution in [2.24, 2.45) is 5.73 Å². The summed E-state index contributed by atoms with van der Waals surface area (Å²) in [6.45, 7) is 0.519. The predicted octanol–water partition coefficient (Wildman–Crippen LogP) is -1.21. The molecule has 0 spiro atoms. The molecule has 13 heavy (non-hydrogen) atoms. The van der Waals surface area contributed by atoms with Gasteiger partial charge in [0.05, 0.1) is 0 Å². The van der Waals surface area contributed by atoms with E-state index >= 15 is 0 Å².